The lowest BCUT2D eigenvalue weighted by Gasteiger charge is -2.42. The molecule has 0 saturated heterocycles. The van der Waals surface area contributed by atoms with Crippen molar-refractivity contribution in [2.24, 2.45) is 0 Å². The fourth-order valence-corrected chi connectivity index (χ4v) is 4.97. The predicted molar refractivity (Wildman–Crippen MR) is 135 cm³/mol. The van der Waals surface area contributed by atoms with Crippen LogP contribution in [0.15, 0.2) is 88.8 Å². The maximum atomic E-state index is 13.5. The zero-order valence-corrected chi connectivity index (χ0v) is 19.5. The van der Waals surface area contributed by atoms with Crippen LogP contribution in [0.4, 0.5) is 11.4 Å². The van der Waals surface area contributed by atoms with E-state index in [2.05, 4.69) is 5.32 Å². The Balaban J connectivity index is 1.54. The van der Waals surface area contributed by atoms with Crippen molar-refractivity contribution in [2.75, 3.05) is 16.0 Å². The van der Waals surface area contributed by atoms with Crippen LogP contribution in [-0.4, -0.2) is 32.7 Å². The molecule has 0 saturated carbocycles. The molecule has 4 aromatic rings. The molecule has 5 rings (SSSR count). The number of aromatic nitrogens is 2. The molecule has 0 atom stereocenters. The van der Waals surface area contributed by atoms with Crippen LogP contribution in [-0.2, 0) is 9.59 Å². The van der Waals surface area contributed by atoms with E-state index in [9.17, 15) is 14.4 Å². The lowest BCUT2D eigenvalue weighted by atomic mass is 9.96. The van der Waals surface area contributed by atoms with E-state index in [0.29, 0.717) is 33.1 Å². The first-order chi connectivity index (χ1) is 16.4. The van der Waals surface area contributed by atoms with Crippen molar-refractivity contribution in [1.29, 1.82) is 0 Å². The Bertz CT molecular complexity index is 1480. The highest BCUT2D eigenvalue weighted by molar-refractivity contribution is 7.99. The summed E-state index contributed by atoms with van der Waals surface area (Å²) in [7, 11) is 0. The van der Waals surface area contributed by atoms with Crippen molar-refractivity contribution in [1.82, 2.24) is 9.55 Å². The molecule has 34 heavy (non-hydrogen) atoms. The van der Waals surface area contributed by atoms with Crippen molar-refractivity contribution in [3.8, 4) is 5.69 Å². The van der Waals surface area contributed by atoms with Crippen LogP contribution < -0.4 is 15.8 Å². The second kappa shape index (κ2) is 8.46. The summed E-state index contributed by atoms with van der Waals surface area (Å²) >= 11 is 1.18. The van der Waals surface area contributed by atoms with E-state index in [4.69, 9.17) is 4.98 Å². The Morgan fingerprint density at radius 2 is 1.62 bits per heavy atom. The van der Waals surface area contributed by atoms with Crippen molar-refractivity contribution >= 4 is 45.9 Å². The minimum absolute atomic E-state index is 0.00264. The average molecular weight is 471 g/mol. The molecule has 1 aliphatic rings. The van der Waals surface area contributed by atoms with Gasteiger partial charge in [-0.05, 0) is 50.2 Å². The molecular weight excluding hydrogens is 448 g/mol. The molecule has 0 spiro atoms. The lowest BCUT2D eigenvalue weighted by Crippen LogP contribution is -2.59. The molecule has 2 heterocycles. The first-order valence-electron chi connectivity index (χ1n) is 10.8. The number of amides is 2. The summed E-state index contributed by atoms with van der Waals surface area (Å²) in [5, 5.41) is 3.79. The SMILES string of the molecule is CC1(C)C(=O)Nc2ccccc2N1C(=O)CSc1nc2ccccc2c(=O)n1-c1ccccc1. The Morgan fingerprint density at radius 1 is 0.941 bits per heavy atom. The van der Waals surface area contributed by atoms with Crippen molar-refractivity contribution in [2.45, 2.75) is 24.5 Å². The second-order valence-electron chi connectivity index (χ2n) is 8.44. The molecule has 1 aliphatic heterocycles. The van der Waals surface area contributed by atoms with Gasteiger partial charge in [0.1, 0.15) is 5.54 Å². The Morgan fingerprint density at radius 3 is 2.41 bits per heavy atom. The van der Waals surface area contributed by atoms with Gasteiger partial charge in [0, 0.05) is 0 Å². The van der Waals surface area contributed by atoms with E-state index in [0.717, 1.165) is 0 Å². The molecule has 8 heteroatoms. The quantitative estimate of drug-likeness (QED) is 0.356. The van der Waals surface area contributed by atoms with Gasteiger partial charge in [0.05, 0.1) is 33.7 Å². The van der Waals surface area contributed by atoms with Crippen LogP contribution in [0.25, 0.3) is 16.6 Å². The molecule has 0 fully saturated rings. The summed E-state index contributed by atoms with van der Waals surface area (Å²) in [5.74, 6) is -0.503. The van der Waals surface area contributed by atoms with E-state index < -0.39 is 5.54 Å². The van der Waals surface area contributed by atoms with E-state index in [1.807, 2.05) is 54.6 Å². The number of fused-ring (bicyclic) bond motifs is 2. The van der Waals surface area contributed by atoms with Gasteiger partial charge in [-0.25, -0.2) is 4.98 Å². The number of anilines is 2. The van der Waals surface area contributed by atoms with Gasteiger partial charge in [0.15, 0.2) is 5.16 Å². The van der Waals surface area contributed by atoms with Gasteiger partial charge in [-0.15, -0.1) is 0 Å². The van der Waals surface area contributed by atoms with Gasteiger partial charge in [-0.3, -0.25) is 23.9 Å². The normalized spacial score (nSPS) is 14.5. The molecule has 170 valence electrons. The third kappa shape index (κ3) is 3.66. The molecular formula is C26H22N4O3S. The Kier molecular flexibility index (Phi) is 5.45. The Hall–Kier alpha value is -3.91. The standard InChI is InChI=1S/C26H22N4O3S/c1-26(2)24(33)27-20-14-8-9-15-21(20)30(26)22(31)16-34-25-28-19-13-7-6-12-18(19)23(32)29(25)17-10-4-3-5-11-17/h3-15H,16H2,1-2H3,(H,27,33). The first kappa shape index (κ1) is 21.9. The van der Waals surface area contributed by atoms with Gasteiger partial charge in [-0.1, -0.05) is 54.2 Å². The van der Waals surface area contributed by atoms with E-state index in [1.165, 1.54) is 21.2 Å². The van der Waals surface area contributed by atoms with Gasteiger partial charge in [-0.2, -0.15) is 0 Å². The Labute approximate surface area is 200 Å². The van der Waals surface area contributed by atoms with Crippen LogP contribution in [0.2, 0.25) is 0 Å². The minimum atomic E-state index is -1.07. The fraction of sp³-hybridized carbons (Fsp3) is 0.154. The van der Waals surface area contributed by atoms with E-state index in [-0.39, 0.29) is 23.1 Å². The number of carbonyl (C=O) groups excluding carboxylic acids is 2. The highest BCUT2D eigenvalue weighted by atomic mass is 32.2. The fourth-order valence-electron chi connectivity index (χ4n) is 4.10. The highest BCUT2D eigenvalue weighted by Gasteiger charge is 2.43. The lowest BCUT2D eigenvalue weighted by molar-refractivity contribution is -0.125. The summed E-state index contributed by atoms with van der Waals surface area (Å²) in [6, 6.07) is 23.6. The molecule has 1 aromatic heterocycles. The molecule has 0 aliphatic carbocycles. The van der Waals surface area contributed by atoms with Gasteiger partial charge >= 0.3 is 0 Å². The van der Waals surface area contributed by atoms with Crippen LogP contribution in [0.3, 0.4) is 0 Å². The van der Waals surface area contributed by atoms with Gasteiger partial charge < -0.3 is 5.32 Å². The zero-order chi connectivity index (χ0) is 23.9. The predicted octanol–water partition coefficient (Wildman–Crippen LogP) is 4.24. The number of para-hydroxylation sites is 4. The number of thioether (sulfide) groups is 1. The molecule has 2 amide bonds. The number of rotatable bonds is 4. The molecule has 0 bridgehead atoms. The number of benzene rings is 3. The number of carbonyl (C=O) groups is 2. The monoisotopic (exact) mass is 470 g/mol. The maximum Gasteiger partial charge on any atom is 0.266 e. The minimum Gasteiger partial charge on any atom is -0.322 e. The van der Waals surface area contributed by atoms with Crippen molar-refractivity contribution < 1.29 is 9.59 Å². The van der Waals surface area contributed by atoms with Crippen LogP contribution in [0.5, 0.6) is 0 Å². The third-order valence-corrected chi connectivity index (χ3v) is 6.76. The zero-order valence-electron chi connectivity index (χ0n) is 18.7. The molecule has 3 aromatic carbocycles. The van der Waals surface area contributed by atoms with Crippen molar-refractivity contribution in [3.63, 3.8) is 0 Å². The molecule has 7 nitrogen and oxygen atoms in total. The maximum absolute atomic E-state index is 13.5. The summed E-state index contributed by atoms with van der Waals surface area (Å²) in [4.78, 5) is 45.8. The van der Waals surface area contributed by atoms with Crippen LogP contribution in [0.1, 0.15) is 13.8 Å². The molecule has 0 unspecified atom stereocenters. The summed E-state index contributed by atoms with van der Waals surface area (Å²) in [6.45, 7) is 3.43. The average Bonchev–Trinajstić information content (AvgIpc) is 2.84. The number of hydrogen-bond acceptors (Lipinski definition) is 5. The van der Waals surface area contributed by atoms with Gasteiger partial charge in [0.2, 0.25) is 11.8 Å². The summed E-state index contributed by atoms with van der Waals surface area (Å²) < 4.78 is 1.53. The van der Waals surface area contributed by atoms with E-state index in [1.54, 1.807) is 38.1 Å². The van der Waals surface area contributed by atoms with Gasteiger partial charge in [0.25, 0.3) is 5.56 Å². The topological polar surface area (TPSA) is 84.3 Å². The van der Waals surface area contributed by atoms with Crippen molar-refractivity contribution in [3.05, 3.63) is 89.2 Å². The van der Waals surface area contributed by atoms with E-state index >= 15 is 0 Å². The van der Waals surface area contributed by atoms with Crippen LogP contribution in [0, 0.1) is 0 Å². The first-order valence-corrected chi connectivity index (χ1v) is 11.8. The number of hydrogen-bond donors (Lipinski definition) is 1. The number of nitrogens with one attached hydrogen (secondary N) is 1. The second-order valence-corrected chi connectivity index (χ2v) is 9.38. The third-order valence-electron chi connectivity index (χ3n) is 5.84. The largest absolute Gasteiger partial charge is 0.322 e. The summed E-state index contributed by atoms with van der Waals surface area (Å²) in [5.41, 5.74) is 1.21. The smallest absolute Gasteiger partial charge is 0.266 e. The summed E-state index contributed by atoms with van der Waals surface area (Å²) in [6.07, 6.45) is 0. The molecule has 1 N–H and O–H groups in total. The number of nitrogens with zero attached hydrogens (tertiary/aromatic N) is 3. The van der Waals surface area contributed by atoms with Crippen LogP contribution >= 0.6 is 11.8 Å². The highest BCUT2D eigenvalue weighted by Crippen LogP contribution is 2.37. The molecule has 0 radical (unpaired) electrons.